The van der Waals surface area contributed by atoms with Crippen LogP contribution in [0.5, 0.6) is 5.75 Å². The van der Waals surface area contributed by atoms with Crippen LogP contribution in [0.15, 0.2) is 65.8 Å². The first-order valence-electron chi connectivity index (χ1n) is 14.5. The zero-order valence-corrected chi connectivity index (χ0v) is 26.0. The lowest BCUT2D eigenvalue weighted by Crippen LogP contribution is -2.44. The van der Waals surface area contributed by atoms with Crippen LogP contribution in [0.4, 0.5) is 16.4 Å². The van der Waals surface area contributed by atoms with Crippen LogP contribution in [0.2, 0.25) is 0 Å². The Kier molecular flexibility index (Phi) is 10.1. The van der Waals surface area contributed by atoms with Crippen molar-refractivity contribution in [2.45, 2.75) is 81.5 Å². The minimum atomic E-state index is -3.53. The van der Waals surface area contributed by atoms with E-state index in [1.165, 1.54) is 5.56 Å². The van der Waals surface area contributed by atoms with Gasteiger partial charge in [0.15, 0.2) is 9.84 Å². The zero-order valence-electron chi connectivity index (χ0n) is 25.2. The van der Waals surface area contributed by atoms with E-state index >= 15 is 0 Å². The fourth-order valence-corrected chi connectivity index (χ4v) is 6.90. The van der Waals surface area contributed by atoms with Gasteiger partial charge in [0.25, 0.3) is 0 Å². The van der Waals surface area contributed by atoms with E-state index in [9.17, 15) is 13.2 Å². The van der Waals surface area contributed by atoms with E-state index in [1.807, 2.05) is 45.3 Å². The molecule has 3 aromatic rings. The third kappa shape index (κ3) is 8.21. The molecule has 1 aromatic heterocycles. The van der Waals surface area contributed by atoms with Gasteiger partial charge in [-0.15, -0.1) is 0 Å². The molecule has 0 spiro atoms. The van der Waals surface area contributed by atoms with Gasteiger partial charge >= 0.3 is 6.09 Å². The van der Waals surface area contributed by atoms with Crippen molar-refractivity contribution >= 4 is 27.6 Å². The summed E-state index contributed by atoms with van der Waals surface area (Å²) in [5.74, 6) is 1.63. The molecule has 1 unspecified atom stereocenters. The van der Waals surface area contributed by atoms with Gasteiger partial charge in [-0.05, 0) is 99.9 Å². The molecule has 1 saturated heterocycles. The van der Waals surface area contributed by atoms with E-state index in [1.54, 1.807) is 36.3 Å². The van der Waals surface area contributed by atoms with Crippen LogP contribution >= 0.6 is 0 Å². The van der Waals surface area contributed by atoms with Gasteiger partial charge in [0, 0.05) is 31.2 Å². The number of carbonyl (C=O) groups is 1. The van der Waals surface area contributed by atoms with Gasteiger partial charge in [-0.3, -0.25) is 0 Å². The molecule has 4 rings (SSSR count). The number of nitrogens with one attached hydrogen (secondary N) is 1. The van der Waals surface area contributed by atoms with Crippen molar-refractivity contribution in [3.05, 3.63) is 72.1 Å². The molecule has 0 aliphatic carbocycles. The number of hydrogen-bond acceptors (Lipinski definition) is 8. The zero-order chi connectivity index (χ0) is 30.3. The van der Waals surface area contributed by atoms with E-state index in [-0.39, 0.29) is 4.90 Å². The Balaban J connectivity index is 1.34. The molecule has 10 heteroatoms. The molecule has 1 aliphatic rings. The van der Waals surface area contributed by atoms with E-state index in [4.69, 9.17) is 9.47 Å². The molecule has 0 saturated carbocycles. The van der Waals surface area contributed by atoms with Crippen molar-refractivity contribution in [2.24, 2.45) is 0 Å². The minimum absolute atomic E-state index is 0.263. The summed E-state index contributed by atoms with van der Waals surface area (Å²) >= 11 is 0. The standard InChI is InChI=1S/C32H42N4O5S/c1-6-8-24(25-9-7-10-27(20-25)40-5)19-23-21-33-30(34-22-23)35-26-11-13-28(14-12-26)42(38,39)29-15-17-36(18-16-29)31(37)41-32(2,3)4/h7,9-14,20-22,24,29H,6,8,15-19H2,1-5H3,(H,33,34,35). The SMILES string of the molecule is CCCC(Cc1cnc(Nc2ccc(S(=O)(=O)C3CCN(C(=O)OC(C)(C)C)CC3)cc2)nc1)c1cccc(OC)c1. The fraction of sp³-hybridized carbons (Fsp3) is 0.469. The molecule has 1 fully saturated rings. The molecule has 0 bridgehead atoms. The second-order valence-electron chi connectivity index (χ2n) is 11.7. The van der Waals surface area contributed by atoms with Gasteiger partial charge in [0.2, 0.25) is 5.95 Å². The highest BCUT2D eigenvalue weighted by atomic mass is 32.2. The number of ether oxygens (including phenoxy) is 2. The average molecular weight is 595 g/mol. The summed E-state index contributed by atoms with van der Waals surface area (Å²) in [6.45, 7) is 8.33. The number of anilines is 2. The second kappa shape index (κ2) is 13.5. The molecule has 1 amide bonds. The average Bonchev–Trinajstić information content (AvgIpc) is 2.97. The van der Waals surface area contributed by atoms with Gasteiger partial charge < -0.3 is 19.7 Å². The van der Waals surface area contributed by atoms with Crippen molar-refractivity contribution in [3.8, 4) is 5.75 Å². The molecular formula is C32H42N4O5S. The maximum Gasteiger partial charge on any atom is 0.410 e. The Morgan fingerprint density at radius 3 is 2.33 bits per heavy atom. The van der Waals surface area contributed by atoms with Crippen LogP contribution in [0.25, 0.3) is 0 Å². The smallest absolute Gasteiger partial charge is 0.410 e. The predicted octanol–water partition coefficient (Wildman–Crippen LogP) is 6.53. The molecule has 9 nitrogen and oxygen atoms in total. The first-order valence-corrected chi connectivity index (χ1v) is 16.1. The molecule has 0 radical (unpaired) electrons. The number of hydrogen-bond donors (Lipinski definition) is 1. The molecule has 42 heavy (non-hydrogen) atoms. The highest BCUT2D eigenvalue weighted by molar-refractivity contribution is 7.92. The Morgan fingerprint density at radius 1 is 1.07 bits per heavy atom. The van der Waals surface area contributed by atoms with Crippen molar-refractivity contribution in [1.29, 1.82) is 0 Å². The molecule has 2 aromatic carbocycles. The number of aromatic nitrogens is 2. The van der Waals surface area contributed by atoms with Crippen LogP contribution in [-0.4, -0.2) is 60.4 Å². The number of rotatable bonds is 10. The topological polar surface area (TPSA) is 111 Å². The number of carbonyl (C=O) groups excluding carboxylic acids is 1. The van der Waals surface area contributed by atoms with Gasteiger partial charge in [-0.25, -0.2) is 23.2 Å². The van der Waals surface area contributed by atoms with Crippen LogP contribution < -0.4 is 10.1 Å². The van der Waals surface area contributed by atoms with Crippen molar-refractivity contribution in [1.82, 2.24) is 14.9 Å². The second-order valence-corrected chi connectivity index (χ2v) is 14.0. The summed E-state index contributed by atoms with van der Waals surface area (Å²) in [4.78, 5) is 23.2. The van der Waals surface area contributed by atoms with Crippen molar-refractivity contribution in [3.63, 3.8) is 0 Å². The number of nitrogens with zero attached hydrogens (tertiary/aromatic N) is 3. The van der Waals surface area contributed by atoms with Crippen LogP contribution in [0.1, 0.15) is 70.4 Å². The highest BCUT2D eigenvalue weighted by Crippen LogP contribution is 2.29. The summed E-state index contributed by atoms with van der Waals surface area (Å²) in [5.41, 5.74) is 2.39. The third-order valence-corrected chi connectivity index (χ3v) is 9.64. The molecular weight excluding hydrogens is 552 g/mol. The lowest BCUT2D eigenvalue weighted by molar-refractivity contribution is 0.0217. The lowest BCUT2D eigenvalue weighted by Gasteiger charge is -2.33. The Labute approximate surface area is 249 Å². The molecule has 226 valence electrons. The number of sulfone groups is 1. The summed E-state index contributed by atoms with van der Waals surface area (Å²) < 4.78 is 37.4. The maximum absolute atomic E-state index is 13.3. The van der Waals surface area contributed by atoms with Gasteiger partial charge in [0.05, 0.1) is 17.3 Å². The number of likely N-dealkylation sites (tertiary alicyclic amines) is 1. The van der Waals surface area contributed by atoms with E-state index in [2.05, 4.69) is 34.3 Å². The molecule has 1 aliphatic heterocycles. The lowest BCUT2D eigenvalue weighted by atomic mass is 9.89. The fourth-order valence-electron chi connectivity index (χ4n) is 5.16. The predicted molar refractivity (Wildman–Crippen MR) is 164 cm³/mol. The molecule has 1 N–H and O–H groups in total. The number of piperidine rings is 1. The maximum atomic E-state index is 13.3. The normalized spacial score (nSPS) is 15.2. The monoisotopic (exact) mass is 594 g/mol. The van der Waals surface area contributed by atoms with E-state index in [0.29, 0.717) is 43.5 Å². The summed E-state index contributed by atoms with van der Waals surface area (Å²) in [6, 6.07) is 14.9. The van der Waals surface area contributed by atoms with Gasteiger partial charge in [-0.1, -0.05) is 25.5 Å². The number of amides is 1. The largest absolute Gasteiger partial charge is 0.497 e. The number of methoxy groups -OCH3 is 1. The molecule has 2 heterocycles. The van der Waals surface area contributed by atoms with Crippen LogP contribution in [0, 0.1) is 0 Å². The van der Waals surface area contributed by atoms with Crippen molar-refractivity contribution < 1.29 is 22.7 Å². The Bertz CT molecular complexity index is 1430. The summed E-state index contributed by atoms with van der Waals surface area (Å²) in [7, 11) is -1.85. The first kappa shape index (κ1) is 31.3. The Hall–Kier alpha value is -3.66. The van der Waals surface area contributed by atoms with Crippen LogP contribution in [0.3, 0.4) is 0 Å². The van der Waals surface area contributed by atoms with E-state index in [0.717, 1.165) is 30.6 Å². The van der Waals surface area contributed by atoms with E-state index < -0.39 is 26.8 Å². The minimum Gasteiger partial charge on any atom is -0.497 e. The van der Waals surface area contributed by atoms with Crippen LogP contribution in [-0.2, 0) is 21.0 Å². The van der Waals surface area contributed by atoms with Gasteiger partial charge in [-0.2, -0.15) is 0 Å². The summed E-state index contributed by atoms with van der Waals surface area (Å²) in [5, 5.41) is 2.62. The van der Waals surface area contributed by atoms with Gasteiger partial charge in [0.1, 0.15) is 11.4 Å². The summed E-state index contributed by atoms with van der Waals surface area (Å²) in [6.07, 6.45) is 6.95. The first-order chi connectivity index (χ1) is 20.0. The molecule has 1 atom stereocenters. The quantitative estimate of drug-likeness (QED) is 0.282. The Morgan fingerprint density at radius 2 is 1.74 bits per heavy atom. The van der Waals surface area contributed by atoms with Crippen molar-refractivity contribution in [2.75, 3.05) is 25.5 Å². The third-order valence-electron chi connectivity index (χ3n) is 7.36. The highest BCUT2D eigenvalue weighted by Gasteiger charge is 2.34. The number of benzene rings is 2.